The van der Waals surface area contributed by atoms with Crippen LogP contribution < -0.4 is 10.1 Å². The van der Waals surface area contributed by atoms with Gasteiger partial charge in [0.25, 0.3) is 0 Å². The monoisotopic (exact) mass is 364 g/mol. The summed E-state index contributed by atoms with van der Waals surface area (Å²) in [4.78, 5) is 27.2. The highest BCUT2D eigenvalue weighted by Crippen LogP contribution is 2.36. The van der Waals surface area contributed by atoms with Crippen LogP contribution in [0.4, 0.5) is 0 Å². The van der Waals surface area contributed by atoms with Crippen LogP contribution in [0.25, 0.3) is 0 Å². The van der Waals surface area contributed by atoms with Gasteiger partial charge < -0.3 is 15.0 Å². The van der Waals surface area contributed by atoms with E-state index in [4.69, 9.17) is 16.3 Å². The maximum atomic E-state index is 13.1. The van der Waals surface area contributed by atoms with Gasteiger partial charge in [-0.15, -0.1) is 11.6 Å². The third kappa shape index (κ3) is 4.27. The summed E-state index contributed by atoms with van der Waals surface area (Å²) >= 11 is 5.83. The zero-order chi connectivity index (χ0) is 17.8. The van der Waals surface area contributed by atoms with E-state index in [0.29, 0.717) is 0 Å². The van der Waals surface area contributed by atoms with Crippen LogP contribution in [0.1, 0.15) is 50.1 Å². The highest BCUT2D eigenvalue weighted by Gasteiger charge is 2.41. The average molecular weight is 365 g/mol. The Hall–Kier alpha value is -1.75. The van der Waals surface area contributed by atoms with Crippen LogP contribution in [0.2, 0.25) is 0 Å². The molecule has 0 unspecified atom stereocenters. The highest BCUT2D eigenvalue weighted by molar-refractivity contribution is 6.27. The molecule has 2 aliphatic carbocycles. The van der Waals surface area contributed by atoms with Crippen molar-refractivity contribution in [2.24, 2.45) is 0 Å². The summed E-state index contributed by atoms with van der Waals surface area (Å²) in [7, 11) is 1.60. The number of carbonyl (C=O) groups is 2. The number of hydrogen-bond acceptors (Lipinski definition) is 3. The molecule has 136 valence electrons. The first-order chi connectivity index (χ1) is 12.1. The van der Waals surface area contributed by atoms with Crippen molar-refractivity contribution in [3.63, 3.8) is 0 Å². The van der Waals surface area contributed by atoms with Crippen molar-refractivity contribution < 1.29 is 14.3 Å². The number of carbonyl (C=O) groups excluding carboxylic acids is 2. The van der Waals surface area contributed by atoms with Gasteiger partial charge in [0.05, 0.1) is 7.11 Å². The van der Waals surface area contributed by atoms with Crippen LogP contribution in [0.15, 0.2) is 24.3 Å². The first-order valence-electron chi connectivity index (χ1n) is 8.95. The van der Waals surface area contributed by atoms with Crippen molar-refractivity contribution in [2.45, 2.75) is 56.7 Å². The number of nitrogens with one attached hydrogen (secondary N) is 1. The number of benzene rings is 1. The number of amides is 2. The predicted octanol–water partition coefficient (Wildman–Crippen LogP) is 3.02. The molecule has 0 heterocycles. The van der Waals surface area contributed by atoms with E-state index < -0.39 is 6.04 Å². The molecule has 2 fully saturated rings. The van der Waals surface area contributed by atoms with Crippen LogP contribution in [-0.4, -0.2) is 41.8 Å². The van der Waals surface area contributed by atoms with Gasteiger partial charge in [0.15, 0.2) is 0 Å². The molecule has 1 N–H and O–H groups in total. The Labute approximate surface area is 153 Å². The number of ether oxygens (including phenoxy) is 1. The summed E-state index contributed by atoms with van der Waals surface area (Å²) in [6, 6.07) is 7.03. The van der Waals surface area contributed by atoms with Gasteiger partial charge in [-0.05, 0) is 43.4 Å². The Morgan fingerprint density at radius 2 is 1.84 bits per heavy atom. The maximum Gasteiger partial charge on any atom is 0.247 e. The van der Waals surface area contributed by atoms with Crippen LogP contribution in [0, 0.1) is 0 Å². The van der Waals surface area contributed by atoms with E-state index in [1.54, 1.807) is 12.0 Å². The van der Waals surface area contributed by atoms with Crippen molar-refractivity contribution >= 4 is 23.4 Å². The van der Waals surface area contributed by atoms with E-state index in [0.717, 1.165) is 49.8 Å². The van der Waals surface area contributed by atoms with Gasteiger partial charge in [-0.1, -0.05) is 25.0 Å². The Kier molecular flexibility index (Phi) is 5.84. The van der Waals surface area contributed by atoms with Crippen LogP contribution >= 0.6 is 11.6 Å². The van der Waals surface area contributed by atoms with E-state index in [9.17, 15) is 9.59 Å². The summed E-state index contributed by atoms with van der Waals surface area (Å²) in [6.07, 6.45) is 6.15. The molecule has 0 saturated heterocycles. The molecule has 6 heteroatoms. The van der Waals surface area contributed by atoms with Crippen LogP contribution in [-0.2, 0) is 9.59 Å². The summed E-state index contributed by atoms with van der Waals surface area (Å²) in [6.45, 7) is 0. The fourth-order valence-corrected chi connectivity index (χ4v) is 3.69. The Bertz CT molecular complexity index is 610. The zero-order valence-electron chi connectivity index (χ0n) is 14.5. The van der Waals surface area contributed by atoms with Crippen molar-refractivity contribution in [2.75, 3.05) is 13.0 Å². The molecule has 2 aliphatic rings. The smallest absolute Gasteiger partial charge is 0.247 e. The third-order valence-electron chi connectivity index (χ3n) is 5.00. The van der Waals surface area contributed by atoms with Gasteiger partial charge >= 0.3 is 0 Å². The molecule has 2 saturated carbocycles. The Morgan fingerprint density at radius 3 is 2.36 bits per heavy atom. The number of rotatable bonds is 7. The summed E-state index contributed by atoms with van der Waals surface area (Å²) in [5.74, 6) is 0.314. The summed E-state index contributed by atoms with van der Waals surface area (Å²) < 4.78 is 5.20. The summed E-state index contributed by atoms with van der Waals surface area (Å²) in [5.41, 5.74) is 0.793. The molecular weight excluding hydrogens is 340 g/mol. The lowest BCUT2D eigenvalue weighted by Crippen LogP contribution is -2.47. The van der Waals surface area contributed by atoms with Crippen LogP contribution in [0.3, 0.4) is 0 Å². The van der Waals surface area contributed by atoms with Gasteiger partial charge in [-0.25, -0.2) is 0 Å². The molecular formula is C19H25ClN2O3. The minimum atomic E-state index is -0.634. The molecule has 0 aliphatic heterocycles. The molecule has 1 aromatic carbocycles. The SMILES string of the molecule is COc1ccc([C@@H](C(=O)NC2CCCC2)N(C(=O)CCl)C2CC2)cc1. The van der Waals surface area contributed by atoms with Gasteiger partial charge in [0.2, 0.25) is 11.8 Å². The predicted molar refractivity (Wildman–Crippen MR) is 96.7 cm³/mol. The molecule has 5 nitrogen and oxygen atoms in total. The molecule has 25 heavy (non-hydrogen) atoms. The van der Waals surface area contributed by atoms with E-state index in [2.05, 4.69) is 5.32 Å². The number of nitrogens with zero attached hydrogens (tertiary/aromatic N) is 1. The second-order valence-electron chi connectivity index (χ2n) is 6.83. The first kappa shape index (κ1) is 18.1. The third-order valence-corrected chi connectivity index (χ3v) is 5.23. The van der Waals surface area contributed by atoms with Crippen molar-refractivity contribution in [1.82, 2.24) is 10.2 Å². The van der Waals surface area contributed by atoms with Crippen molar-refractivity contribution in [3.05, 3.63) is 29.8 Å². The molecule has 3 rings (SSSR count). The number of alkyl halides is 1. The van der Waals surface area contributed by atoms with E-state index in [1.807, 2.05) is 24.3 Å². The van der Waals surface area contributed by atoms with E-state index >= 15 is 0 Å². The molecule has 1 aromatic rings. The molecule has 1 atom stereocenters. The topological polar surface area (TPSA) is 58.6 Å². The van der Waals surface area contributed by atoms with Crippen molar-refractivity contribution in [1.29, 1.82) is 0 Å². The average Bonchev–Trinajstić information content (AvgIpc) is 3.35. The second kappa shape index (κ2) is 8.09. The molecule has 0 bridgehead atoms. The summed E-state index contributed by atoms with van der Waals surface area (Å²) in [5, 5.41) is 3.14. The van der Waals surface area contributed by atoms with Gasteiger partial charge in [0.1, 0.15) is 17.7 Å². The van der Waals surface area contributed by atoms with E-state index in [1.165, 1.54) is 0 Å². The van der Waals surface area contributed by atoms with Crippen LogP contribution in [0.5, 0.6) is 5.75 Å². The molecule has 0 aromatic heterocycles. The lowest BCUT2D eigenvalue weighted by Gasteiger charge is -2.32. The lowest BCUT2D eigenvalue weighted by molar-refractivity contribution is -0.140. The fraction of sp³-hybridized carbons (Fsp3) is 0.579. The van der Waals surface area contributed by atoms with E-state index in [-0.39, 0.29) is 29.8 Å². The quantitative estimate of drug-likeness (QED) is 0.756. The largest absolute Gasteiger partial charge is 0.497 e. The fourth-order valence-electron chi connectivity index (χ4n) is 3.55. The van der Waals surface area contributed by atoms with Gasteiger partial charge in [0, 0.05) is 12.1 Å². The Balaban J connectivity index is 1.88. The normalized spacial score (nSPS) is 18.6. The number of methoxy groups -OCH3 is 1. The minimum absolute atomic E-state index is 0.104. The standard InChI is InChI=1S/C19H25ClN2O3/c1-25-16-10-6-13(7-11-16)18(19(24)21-14-4-2-3-5-14)22(15-8-9-15)17(23)12-20/h6-7,10-11,14-15,18H,2-5,8-9,12H2,1H3,(H,21,24)/t18-/m0/s1. The molecule has 2 amide bonds. The van der Waals surface area contributed by atoms with Gasteiger partial charge in [-0.3, -0.25) is 9.59 Å². The Morgan fingerprint density at radius 1 is 1.20 bits per heavy atom. The molecule has 0 radical (unpaired) electrons. The van der Waals surface area contributed by atoms with Crippen molar-refractivity contribution in [3.8, 4) is 5.75 Å². The minimum Gasteiger partial charge on any atom is -0.497 e. The molecule has 0 spiro atoms. The highest BCUT2D eigenvalue weighted by atomic mass is 35.5. The maximum absolute atomic E-state index is 13.1. The first-order valence-corrected chi connectivity index (χ1v) is 9.49. The lowest BCUT2D eigenvalue weighted by atomic mass is 10.0. The number of halogens is 1. The number of hydrogen-bond donors (Lipinski definition) is 1. The van der Waals surface area contributed by atoms with Gasteiger partial charge in [-0.2, -0.15) is 0 Å². The zero-order valence-corrected chi connectivity index (χ0v) is 15.3. The second-order valence-corrected chi connectivity index (χ2v) is 7.10.